The van der Waals surface area contributed by atoms with Gasteiger partial charge in [-0.1, -0.05) is 6.07 Å². The van der Waals surface area contributed by atoms with Crippen molar-refractivity contribution in [2.75, 3.05) is 60.6 Å². The maximum Gasteiger partial charge on any atom is 0.193 e. The first-order valence-corrected chi connectivity index (χ1v) is 10.4. The average Bonchev–Trinajstić information content (AvgIpc) is 3.17. The molecule has 0 amide bonds. The highest BCUT2D eigenvalue weighted by atomic mass is 32.1. The van der Waals surface area contributed by atoms with Crippen molar-refractivity contribution in [1.29, 1.82) is 0 Å². The zero-order chi connectivity index (χ0) is 18.4. The van der Waals surface area contributed by atoms with Crippen LogP contribution >= 0.6 is 11.3 Å². The smallest absolute Gasteiger partial charge is 0.193 e. The van der Waals surface area contributed by atoms with E-state index in [0.29, 0.717) is 18.6 Å². The van der Waals surface area contributed by atoms with Crippen LogP contribution in [0, 0.1) is 5.92 Å². The number of hydrogen-bond donors (Lipinski definition) is 1. The van der Waals surface area contributed by atoms with E-state index in [0.717, 1.165) is 32.2 Å². The van der Waals surface area contributed by atoms with E-state index in [1.165, 1.54) is 24.3 Å². The molecule has 146 valence electrons. The Morgan fingerprint density at radius 3 is 3.08 bits per heavy atom. The van der Waals surface area contributed by atoms with E-state index < -0.39 is 0 Å². The molecule has 1 aromatic heterocycles. The van der Waals surface area contributed by atoms with Crippen LogP contribution in [0.5, 0.6) is 0 Å². The highest BCUT2D eigenvalue weighted by Crippen LogP contribution is 2.36. The molecule has 0 saturated carbocycles. The molecule has 0 bridgehead atoms. The van der Waals surface area contributed by atoms with E-state index in [1.54, 1.807) is 7.11 Å². The molecule has 1 aromatic rings. The van der Waals surface area contributed by atoms with Crippen LogP contribution in [0.3, 0.4) is 0 Å². The van der Waals surface area contributed by atoms with Crippen molar-refractivity contribution in [3.8, 4) is 0 Å². The number of methoxy groups -OCH3 is 1. The van der Waals surface area contributed by atoms with Crippen molar-refractivity contribution in [2.24, 2.45) is 10.9 Å². The van der Waals surface area contributed by atoms with E-state index >= 15 is 0 Å². The molecule has 2 aliphatic rings. The first-order valence-electron chi connectivity index (χ1n) is 9.52. The highest BCUT2D eigenvalue weighted by molar-refractivity contribution is 7.10. The Bertz CT molecular complexity index is 564. The maximum atomic E-state index is 5.76. The molecule has 0 radical (unpaired) electrons. The number of thiophene rings is 1. The quantitative estimate of drug-likeness (QED) is 0.626. The third kappa shape index (κ3) is 4.76. The molecule has 2 saturated heterocycles. The number of aliphatic imine (C=N–C) groups is 1. The molecule has 2 fully saturated rings. The monoisotopic (exact) mass is 380 g/mol. The van der Waals surface area contributed by atoms with Crippen molar-refractivity contribution in [1.82, 2.24) is 15.1 Å². The van der Waals surface area contributed by atoms with E-state index in [9.17, 15) is 0 Å². The van der Waals surface area contributed by atoms with Crippen molar-refractivity contribution in [3.05, 3.63) is 22.4 Å². The minimum Gasteiger partial charge on any atom is -0.382 e. The van der Waals surface area contributed by atoms with Gasteiger partial charge in [0.15, 0.2) is 5.96 Å². The summed E-state index contributed by atoms with van der Waals surface area (Å²) in [5, 5.41) is 5.83. The molecule has 26 heavy (non-hydrogen) atoms. The van der Waals surface area contributed by atoms with Crippen LogP contribution in [-0.4, -0.2) is 82.5 Å². The number of hydrogen-bond acceptors (Lipinski definition) is 5. The molecule has 0 spiro atoms. The summed E-state index contributed by atoms with van der Waals surface area (Å²) in [4.78, 5) is 10.8. The van der Waals surface area contributed by atoms with Gasteiger partial charge >= 0.3 is 0 Å². The largest absolute Gasteiger partial charge is 0.382 e. The van der Waals surface area contributed by atoms with Crippen LogP contribution in [0.2, 0.25) is 0 Å². The Kier molecular flexibility index (Phi) is 7.31. The van der Waals surface area contributed by atoms with Crippen molar-refractivity contribution in [2.45, 2.75) is 25.0 Å². The van der Waals surface area contributed by atoms with Crippen molar-refractivity contribution in [3.63, 3.8) is 0 Å². The Morgan fingerprint density at radius 1 is 1.46 bits per heavy atom. The molecule has 3 heterocycles. The molecular formula is C19H32N4O2S. The number of piperidine rings is 1. The Hall–Kier alpha value is -1.15. The number of guanidine groups is 1. The van der Waals surface area contributed by atoms with Gasteiger partial charge < -0.3 is 19.7 Å². The lowest BCUT2D eigenvalue weighted by atomic mass is 9.88. The molecule has 7 heteroatoms. The summed E-state index contributed by atoms with van der Waals surface area (Å²) >= 11 is 1.87. The zero-order valence-corrected chi connectivity index (χ0v) is 17.0. The topological polar surface area (TPSA) is 49.3 Å². The van der Waals surface area contributed by atoms with Gasteiger partial charge in [-0.25, -0.2) is 0 Å². The number of nitrogens with zero attached hydrogens (tertiary/aromatic N) is 3. The second-order valence-electron chi connectivity index (χ2n) is 7.17. The molecule has 3 atom stereocenters. The van der Waals surface area contributed by atoms with Crippen LogP contribution in [0.1, 0.15) is 23.8 Å². The Labute approximate surface area is 161 Å². The van der Waals surface area contributed by atoms with Gasteiger partial charge in [0.05, 0.1) is 19.3 Å². The van der Waals surface area contributed by atoms with E-state index in [4.69, 9.17) is 9.47 Å². The molecule has 0 aliphatic carbocycles. The number of rotatable bonds is 5. The predicted molar refractivity (Wildman–Crippen MR) is 107 cm³/mol. The normalized spacial score (nSPS) is 28.3. The molecule has 2 aliphatic heterocycles. The first kappa shape index (κ1) is 19.6. The summed E-state index contributed by atoms with van der Waals surface area (Å²) in [5.41, 5.74) is 0. The summed E-state index contributed by atoms with van der Waals surface area (Å²) in [6.45, 7) is 5.17. The van der Waals surface area contributed by atoms with Gasteiger partial charge in [-0.2, -0.15) is 0 Å². The fraction of sp³-hybridized carbons (Fsp3) is 0.737. The number of morpholine rings is 1. The Morgan fingerprint density at radius 2 is 2.35 bits per heavy atom. The summed E-state index contributed by atoms with van der Waals surface area (Å²) in [7, 11) is 5.84. The standard InChI is InChI=1S/C19H32N4O2S/c1-20-19(23-9-10-25-16(13-23)14-24-3)21-12-15-6-4-8-22(2)18(15)17-7-5-11-26-17/h5,7,11,15-16,18H,4,6,8-10,12-14H2,1-3H3,(H,20,21). The van der Waals surface area contributed by atoms with Crippen LogP contribution < -0.4 is 5.32 Å². The maximum absolute atomic E-state index is 5.76. The molecular weight excluding hydrogens is 348 g/mol. The van der Waals surface area contributed by atoms with Gasteiger partial charge in [0.25, 0.3) is 0 Å². The third-order valence-corrected chi connectivity index (χ3v) is 6.31. The van der Waals surface area contributed by atoms with Gasteiger partial charge in [0.1, 0.15) is 0 Å². The third-order valence-electron chi connectivity index (χ3n) is 5.37. The lowest BCUT2D eigenvalue weighted by Crippen LogP contribution is -2.53. The molecule has 3 unspecified atom stereocenters. The highest BCUT2D eigenvalue weighted by Gasteiger charge is 2.32. The van der Waals surface area contributed by atoms with Crippen LogP contribution in [-0.2, 0) is 9.47 Å². The van der Waals surface area contributed by atoms with Gasteiger partial charge in [-0.15, -0.1) is 11.3 Å². The van der Waals surface area contributed by atoms with Gasteiger partial charge in [-0.3, -0.25) is 9.89 Å². The van der Waals surface area contributed by atoms with Gasteiger partial charge in [0, 0.05) is 44.7 Å². The van der Waals surface area contributed by atoms with E-state index in [-0.39, 0.29) is 6.10 Å². The van der Waals surface area contributed by atoms with E-state index in [2.05, 4.69) is 44.7 Å². The molecule has 6 nitrogen and oxygen atoms in total. The van der Waals surface area contributed by atoms with Gasteiger partial charge in [0.2, 0.25) is 0 Å². The summed E-state index contributed by atoms with van der Waals surface area (Å²) < 4.78 is 11.0. The first-order chi connectivity index (χ1) is 12.7. The number of nitrogens with one attached hydrogen (secondary N) is 1. The summed E-state index contributed by atoms with van der Waals surface area (Å²) in [6, 6.07) is 4.94. The molecule has 1 N–H and O–H groups in total. The van der Waals surface area contributed by atoms with Gasteiger partial charge in [-0.05, 0) is 43.8 Å². The molecule has 3 rings (SSSR count). The van der Waals surface area contributed by atoms with Crippen LogP contribution in [0.4, 0.5) is 0 Å². The lowest BCUT2D eigenvalue weighted by Gasteiger charge is -2.40. The number of ether oxygens (including phenoxy) is 2. The summed E-state index contributed by atoms with van der Waals surface area (Å²) in [5.74, 6) is 1.58. The zero-order valence-electron chi connectivity index (χ0n) is 16.2. The van der Waals surface area contributed by atoms with Crippen LogP contribution in [0.15, 0.2) is 22.5 Å². The van der Waals surface area contributed by atoms with E-state index in [1.807, 2.05) is 18.4 Å². The Balaban J connectivity index is 1.60. The second-order valence-corrected chi connectivity index (χ2v) is 8.14. The minimum absolute atomic E-state index is 0.118. The predicted octanol–water partition coefficient (Wildman–Crippen LogP) is 2.05. The fourth-order valence-corrected chi connectivity index (χ4v) is 5.12. The number of likely N-dealkylation sites (tertiary alicyclic amines) is 1. The fourth-order valence-electron chi connectivity index (χ4n) is 4.14. The lowest BCUT2D eigenvalue weighted by molar-refractivity contribution is -0.0448. The van der Waals surface area contributed by atoms with Crippen molar-refractivity contribution < 1.29 is 9.47 Å². The SMILES string of the molecule is CN=C(NCC1CCCN(C)C1c1cccs1)N1CCOC(COC)C1. The van der Waals surface area contributed by atoms with Crippen LogP contribution in [0.25, 0.3) is 0 Å². The average molecular weight is 381 g/mol. The van der Waals surface area contributed by atoms with Crippen molar-refractivity contribution >= 4 is 17.3 Å². The molecule has 0 aromatic carbocycles. The minimum atomic E-state index is 0.118. The second kappa shape index (κ2) is 9.69. The summed E-state index contributed by atoms with van der Waals surface area (Å²) in [6.07, 6.45) is 2.63.